The van der Waals surface area contributed by atoms with E-state index in [-0.39, 0.29) is 5.91 Å². The van der Waals surface area contributed by atoms with Crippen LogP contribution in [0.15, 0.2) is 94.9 Å². The van der Waals surface area contributed by atoms with Crippen LogP contribution < -0.4 is 5.32 Å². The Hall–Kier alpha value is -3.24. The average Bonchev–Trinajstić information content (AvgIpc) is 3.07. The SMILES string of the molecule is O=C1Nc2ccccc2S/C1=C\c1cn(Cc2ccccc2)c2ccccc12. The van der Waals surface area contributed by atoms with E-state index in [0.717, 1.165) is 28.1 Å². The van der Waals surface area contributed by atoms with Crippen LogP contribution in [0.3, 0.4) is 0 Å². The Morgan fingerprint density at radius 3 is 2.54 bits per heavy atom. The van der Waals surface area contributed by atoms with Crippen LogP contribution in [0.5, 0.6) is 0 Å². The van der Waals surface area contributed by atoms with Crippen LogP contribution in [0.1, 0.15) is 11.1 Å². The molecule has 28 heavy (non-hydrogen) atoms. The van der Waals surface area contributed by atoms with Gasteiger partial charge in [0.25, 0.3) is 5.91 Å². The number of carbonyl (C=O) groups excluding carboxylic acids is 1. The van der Waals surface area contributed by atoms with Gasteiger partial charge in [0.05, 0.1) is 10.6 Å². The maximum atomic E-state index is 12.6. The van der Waals surface area contributed by atoms with Crippen molar-refractivity contribution in [3.8, 4) is 0 Å². The highest BCUT2D eigenvalue weighted by Gasteiger charge is 2.21. The zero-order valence-electron chi connectivity index (χ0n) is 15.1. The first-order valence-electron chi connectivity index (χ1n) is 9.20. The number of hydrogen-bond donors (Lipinski definition) is 1. The number of nitrogens with one attached hydrogen (secondary N) is 1. The molecule has 1 amide bonds. The van der Waals surface area contributed by atoms with Crippen molar-refractivity contribution in [2.24, 2.45) is 0 Å². The summed E-state index contributed by atoms with van der Waals surface area (Å²) in [7, 11) is 0. The molecule has 3 nitrogen and oxygen atoms in total. The lowest BCUT2D eigenvalue weighted by atomic mass is 10.1. The minimum Gasteiger partial charge on any atom is -0.342 e. The van der Waals surface area contributed by atoms with Crippen molar-refractivity contribution >= 4 is 40.3 Å². The molecule has 1 aliphatic rings. The van der Waals surface area contributed by atoms with E-state index >= 15 is 0 Å². The molecule has 0 radical (unpaired) electrons. The van der Waals surface area contributed by atoms with Crippen LogP contribution in [0.25, 0.3) is 17.0 Å². The Kier molecular flexibility index (Phi) is 4.26. The van der Waals surface area contributed by atoms with Crippen LogP contribution in [-0.4, -0.2) is 10.5 Å². The van der Waals surface area contributed by atoms with E-state index < -0.39 is 0 Å². The van der Waals surface area contributed by atoms with Gasteiger partial charge in [-0.25, -0.2) is 0 Å². The highest BCUT2D eigenvalue weighted by atomic mass is 32.2. The van der Waals surface area contributed by atoms with Gasteiger partial charge in [-0.2, -0.15) is 0 Å². The van der Waals surface area contributed by atoms with Crippen molar-refractivity contribution in [1.82, 2.24) is 4.57 Å². The highest BCUT2D eigenvalue weighted by molar-refractivity contribution is 8.04. The maximum Gasteiger partial charge on any atom is 0.262 e. The van der Waals surface area contributed by atoms with Gasteiger partial charge in [0.2, 0.25) is 0 Å². The molecule has 5 rings (SSSR count). The Bertz CT molecular complexity index is 1210. The van der Waals surface area contributed by atoms with Gasteiger partial charge in [0.15, 0.2) is 0 Å². The lowest BCUT2D eigenvalue weighted by molar-refractivity contribution is -0.112. The minimum atomic E-state index is -0.0522. The Morgan fingerprint density at radius 1 is 0.893 bits per heavy atom. The van der Waals surface area contributed by atoms with Crippen LogP contribution in [-0.2, 0) is 11.3 Å². The number of benzene rings is 3. The molecule has 0 unspecified atom stereocenters. The molecular formula is C24H18N2OS. The smallest absolute Gasteiger partial charge is 0.262 e. The molecule has 1 aromatic heterocycles. The fraction of sp³-hybridized carbons (Fsp3) is 0.0417. The summed E-state index contributed by atoms with van der Waals surface area (Å²) in [5.41, 5.74) is 4.35. The number of rotatable bonds is 3. The zero-order chi connectivity index (χ0) is 18.9. The van der Waals surface area contributed by atoms with Gasteiger partial charge in [-0.15, -0.1) is 0 Å². The predicted molar refractivity (Wildman–Crippen MR) is 116 cm³/mol. The third-order valence-electron chi connectivity index (χ3n) is 4.88. The van der Waals surface area contributed by atoms with Crippen molar-refractivity contribution in [2.45, 2.75) is 11.4 Å². The zero-order valence-corrected chi connectivity index (χ0v) is 15.9. The molecule has 3 aromatic carbocycles. The summed E-state index contributed by atoms with van der Waals surface area (Å²) < 4.78 is 2.25. The fourth-order valence-electron chi connectivity index (χ4n) is 3.55. The number of anilines is 1. The minimum absolute atomic E-state index is 0.0522. The van der Waals surface area contributed by atoms with Crippen molar-refractivity contribution in [2.75, 3.05) is 5.32 Å². The van der Waals surface area contributed by atoms with Crippen LogP contribution >= 0.6 is 11.8 Å². The van der Waals surface area contributed by atoms with Crippen molar-refractivity contribution in [3.05, 3.63) is 101 Å². The van der Waals surface area contributed by atoms with Crippen molar-refractivity contribution in [1.29, 1.82) is 0 Å². The van der Waals surface area contributed by atoms with Crippen molar-refractivity contribution < 1.29 is 4.79 Å². The molecule has 2 heterocycles. The first-order chi connectivity index (χ1) is 13.8. The summed E-state index contributed by atoms with van der Waals surface area (Å²) in [5.74, 6) is -0.0522. The first-order valence-corrected chi connectivity index (χ1v) is 10.0. The van der Waals surface area contributed by atoms with Gasteiger partial charge in [-0.1, -0.05) is 72.4 Å². The fourth-order valence-corrected chi connectivity index (χ4v) is 4.49. The number of thioether (sulfide) groups is 1. The Labute approximate surface area is 167 Å². The Morgan fingerprint density at radius 2 is 1.64 bits per heavy atom. The van der Waals surface area contributed by atoms with Gasteiger partial charge in [-0.3, -0.25) is 4.79 Å². The second-order valence-corrected chi connectivity index (χ2v) is 7.86. The topological polar surface area (TPSA) is 34.0 Å². The average molecular weight is 382 g/mol. The first kappa shape index (κ1) is 16.9. The number of nitrogens with zero attached hydrogens (tertiary/aromatic N) is 1. The van der Waals surface area contributed by atoms with Gasteiger partial charge < -0.3 is 9.88 Å². The molecule has 0 atom stereocenters. The van der Waals surface area contributed by atoms with E-state index in [9.17, 15) is 4.79 Å². The van der Waals surface area contributed by atoms with E-state index in [1.165, 1.54) is 22.8 Å². The van der Waals surface area contributed by atoms with Crippen LogP contribution in [0.4, 0.5) is 5.69 Å². The van der Waals surface area contributed by atoms with Crippen LogP contribution in [0, 0.1) is 0 Å². The summed E-state index contributed by atoms with van der Waals surface area (Å²) in [4.78, 5) is 14.4. The molecule has 0 spiro atoms. The second kappa shape index (κ2) is 7.06. The number of aromatic nitrogens is 1. The summed E-state index contributed by atoms with van der Waals surface area (Å²) >= 11 is 1.52. The molecule has 4 heteroatoms. The van der Waals surface area contributed by atoms with E-state index in [2.05, 4.69) is 58.5 Å². The number of fused-ring (bicyclic) bond motifs is 2. The van der Waals surface area contributed by atoms with E-state index in [0.29, 0.717) is 4.91 Å². The number of amides is 1. The summed E-state index contributed by atoms with van der Waals surface area (Å²) in [5, 5.41) is 4.14. The predicted octanol–water partition coefficient (Wildman–Crippen LogP) is 5.77. The van der Waals surface area contributed by atoms with Crippen molar-refractivity contribution in [3.63, 3.8) is 0 Å². The number of para-hydroxylation sites is 2. The molecule has 0 saturated carbocycles. The highest BCUT2D eigenvalue weighted by Crippen LogP contribution is 2.39. The molecule has 1 N–H and O–H groups in total. The summed E-state index contributed by atoms with van der Waals surface area (Å²) in [6.07, 6.45) is 4.14. The van der Waals surface area contributed by atoms with Crippen LogP contribution in [0.2, 0.25) is 0 Å². The second-order valence-electron chi connectivity index (χ2n) is 6.78. The van der Waals surface area contributed by atoms with Gasteiger partial charge in [0, 0.05) is 34.1 Å². The molecule has 4 aromatic rings. The monoisotopic (exact) mass is 382 g/mol. The number of carbonyl (C=O) groups is 1. The summed E-state index contributed by atoms with van der Waals surface area (Å²) in [6.45, 7) is 0.798. The molecule has 0 fully saturated rings. The molecule has 136 valence electrons. The molecule has 0 bridgehead atoms. The number of hydrogen-bond acceptors (Lipinski definition) is 2. The third-order valence-corrected chi connectivity index (χ3v) is 5.98. The van der Waals surface area contributed by atoms with Gasteiger partial charge in [-0.05, 0) is 29.8 Å². The van der Waals surface area contributed by atoms with Gasteiger partial charge in [0.1, 0.15) is 0 Å². The molecular weight excluding hydrogens is 364 g/mol. The lowest BCUT2D eigenvalue weighted by Crippen LogP contribution is -2.16. The molecule has 0 saturated heterocycles. The molecule has 0 aliphatic carbocycles. The van der Waals surface area contributed by atoms with E-state index in [1.54, 1.807) is 0 Å². The van der Waals surface area contributed by atoms with E-state index in [1.807, 2.05) is 42.5 Å². The Balaban J connectivity index is 1.56. The largest absolute Gasteiger partial charge is 0.342 e. The maximum absolute atomic E-state index is 12.6. The van der Waals surface area contributed by atoms with Gasteiger partial charge >= 0.3 is 0 Å². The normalized spacial score (nSPS) is 14.9. The summed E-state index contributed by atoms with van der Waals surface area (Å²) in [6, 6.07) is 26.7. The van der Waals surface area contributed by atoms with E-state index in [4.69, 9.17) is 0 Å². The lowest BCUT2D eigenvalue weighted by Gasteiger charge is -2.18. The standard InChI is InChI=1S/C24H18N2OS/c27-24-23(28-22-13-7-5-11-20(22)25-24)14-18-16-26(15-17-8-2-1-3-9-17)21-12-6-4-10-19(18)21/h1-14,16H,15H2,(H,25,27)/b23-14-. The quantitative estimate of drug-likeness (QED) is 0.456. The third kappa shape index (κ3) is 3.12. The molecule has 1 aliphatic heterocycles.